The third-order valence-electron chi connectivity index (χ3n) is 5.72. The maximum atomic E-state index is 15.1. The van der Waals surface area contributed by atoms with E-state index in [4.69, 9.17) is 15.1 Å². The number of nitrogens with two attached hydrogens (primary N) is 1. The molecule has 5 rings (SSSR count). The summed E-state index contributed by atoms with van der Waals surface area (Å²) < 4.78 is 22.0. The van der Waals surface area contributed by atoms with Gasteiger partial charge in [-0.25, -0.2) is 14.4 Å². The van der Waals surface area contributed by atoms with Gasteiger partial charge < -0.3 is 15.5 Å². The van der Waals surface area contributed by atoms with Crippen molar-refractivity contribution in [1.29, 1.82) is 0 Å². The number of rotatable bonds is 6. The molecule has 7 nitrogen and oxygen atoms in total. The Kier molecular flexibility index (Phi) is 5.26. The summed E-state index contributed by atoms with van der Waals surface area (Å²) in [5, 5.41) is 9.80. The van der Waals surface area contributed by atoms with E-state index in [0.717, 1.165) is 34.0 Å². The second-order valence-corrected chi connectivity index (χ2v) is 7.85. The van der Waals surface area contributed by atoms with E-state index < -0.39 is 6.04 Å². The number of nitrogens with zero attached hydrogens (tertiary/aromatic N) is 4. The molecular weight excluding hydrogens is 419 g/mol. The number of hydrogen-bond acceptors (Lipinski definition) is 6. The zero-order chi connectivity index (χ0) is 22.9. The second kappa shape index (κ2) is 8.38. The lowest BCUT2D eigenvalue weighted by atomic mass is 10.0. The molecule has 33 heavy (non-hydrogen) atoms. The fourth-order valence-corrected chi connectivity index (χ4v) is 3.94. The van der Waals surface area contributed by atoms with Gasteiger partial charge >= 0.3 is 0 Å². The highest BCUT2D eigenvalue weighted by Gasteiger charge is 2.25. The summed E-state index contributed by atoms with van der Waals surface area (Å²) in [6, 6.07) is 14.1. The van der Waals surface area contributed by atoms with Gasteiger partial charge in [0, 0.05) is 29.9 Å². The van der Waals surface area contributed by atoms with E-state index in [1.165, 1.54) is 6.07 Å². The highest BCUT2D eigenvalue weighted by Crippen LogP contribution is 2.31. The van der Waals surface area contributed by atoms with Crippen molar-refractivity contribution in [2.24, 2.45) is 7.05 Å². The van der Waals surface area contributed by atoms with Crippen molar-refractivity contribution in [3.63, 3.8) is 0 Å². The van der Waals surface area contributed by atoms with E-state index >= 15 is 4.39 Å². The van der Waals surface area contributed by atoms with Gasteiger partial charge in [-0.2, -0.15) is 5.10 Å². The van der Waals surface area contributed by atoms with Crippen LogP contribution in [0, 0.1) is 5.82 Å². The molecule has 0 saturated carbocycles. The number of hydrogen-bond donors (Lipinski definition) is 2. The summed E-state index contributed by atoms with van der Waals surface area (Å²) in [5.41, 5.74) is 9.09. The molecule has 1 atom stereocenters. The molecule has 2 aromatic carbocycles. The minimum atomic E-state index is -0.578. The highest BCUT2D eigenvalue weighted by molar-refractivity contribution is 5.92. The van der Waals surface area contributed by atoms with Crippen molar-refractivity contribution >= 4 is 22.3 Å². The summed E-state index contributed by atoms with van der Waals surface area (Å²) in [5.74, 6) is 1.24. The van der Waals surface area contributed by atoms with Crippen LogP contribution in [0.3, 0.4) is 0 Å². The summed E-state index contributed by atoms with van der Waals surface area (Å²) >= 11 is 0. The molecule has 0 saturated heterocycles. The Morgan fingerprint density at radius 2 is 2.03 bits per heavy atom. The largest absolute Gasteiger partial charge is 0.472 e. The first-order chi connectivity index (χ1) is 16.0. The number of benzene rings is 2. The number of aryl methyl sites for hydroxylation is 2. The minimum absolute atomic E-state index is 0.313. The van der Waals surface area contributed by atoms with Gasteiger partial charge in [0.05, 0.1) is 11.8 Å². The predicted octanol–water partition coefficient (Wildman–Crippen LogP) is 5.11. The fraction of sp³-hybridized carbons (Fsp3) is 0.160. The number of pyridine rings is 1. The summed E-state index contributed by atoms with van der Waals surface area (Å²) in [6.45, 7) is 2.04. The number of aromatic nitrogens is 4. The third-order valence-corrected chi connectivity index (χ3v) is 5.72. The smallest absolute Gasteiger partial charge is 0.184 e. The van der Waals surface area contributed by atoms with Crippen LogP contribution in [0.25, 0.3) is 22.2 Å². The quantitative estimate of drug-likeness (QED) is 0.380. The highest BCUT2D eigenvalue weighted by atomic mass is 19.1. The molecule has 0 amide bonds. The van der Waals surface area contributed by atoms with Crippen LogP contribution in [0.1, 0.15) is 29.9 Å². The number of nitrogens with one attached hydrogen (secondary N) is 1. The standard InChI is InChI=1S/C25H23FN6O/c1-3-15-4-7-21(26)20(12-15)22(25-30-24(31-32(25)2)17-9-11-33-14-17)29-18-5-6-19-16(13-18)8-10-28-23(19)27/h4-14,22,29H,3H2,1-2H3,(H2,27,28). The van der Waals surface area contributed by atoms with Gasteiger partial charge in [0.2, 0.25) is 0 Å². The molecule has 3 aromatic heterocycles. The van der Waals surface area contributed by atoms with Gasteiger partial charge in [0.15, 0.2) is 11.6 Å². The van der Waals surface area contributed by atoms with Crippen molar-refractivity contribution in [2.75, 3.05) is 11.1 Å². The number of nitrogen functional groups attached to an aromatic ring is 1. The average molecular weight is 442 g/mol. The number of anilines is 2. The normalized spacial score (nSPS) is 12.2. The maximum Gasteiger partial charge on any atom is 0.184 e. The van der Waals surface area contributed by atoms with E-state index in [1.54, 1.807) is 42.6 Å². The second-order valence-electron chi connectivity index (χ2n) is 7.85. The monoisotopic (exact) mass is 442 g/mol. The van der Waals surface area contributed by atoms with Crippen molar-refractivity contribution in [2.45, 2.75) is 19.4 Å². The molecule has 0 fully saturated rings. The van der Waals surface area contributed by atoms with Gasteiger partial charge in [-0.05, 0) is 53.8 Å². The van der Waals surface area contributed by atoms with Crippen molar-refractivity contribution in [1.82, 2.24) is 19.7 Å². The fourth-order valence-electron chi connectivity index (χ4n) is 3.94. The lowest BCUT2D eigenvalue weighted by Crippen LogP contribution is -2.19. The minimum Gasteiger partial charge on any atom is -0.472 e. The van der Waals surface area contributed by atoms with Crippen LogP contribution in [0.5, 0.6) is 0 Å². The predicted molar refractivity (Wildman–Crippen MR) is 126 cm³/mol. The Bertz CT molecular complexity index is 1430. The third kappa shape index (κ3) is 3.91. The molecule has 0 aliphatic carbocycles. The zero-order valence-electron chi connectivity index (χ0n) is 18.3. The van der Waals surface area contributed by atoms with Gasteiger partial charge in [-0.15, -0.1) is 0 Å². The number of furan rings is 1. The zero-order valence-corrected chi connectivity index (χ0v) is 18.3. The molecule has 3 heterocycles. The SMILES string of the molecule is CCc1ccc(F)c(C(Nc2ccc3c(N)nccc3c2)c2nc(-c3ccoc3)nn2C)c1. The van der Waals surface area contributed by atoms with E-state index in [1.807, 2.05) is 37.3 Å². The van der Waals surface area contributed by atoms with Gasteiger partial charge in [0.1, 0.15) is 23.9 Å². The molecular formula is C25H23FN6O. The van der Waals surface area contributed by atoms with E-state index in [9.17, 15) is 0 Å². The molecule has 166 valence electrons. The van der Waals surface area contributed by atoms with Gasteiger partial charge in [-0.1, -0.05) is 19.1 Å². The van der Waals surface area contributed by atoms with Crippen LogP contribution < -0.4 is 11.1 Å². The molecule has 5 aromatic rings. The topological polar surface area (TPSA) is 94.8 Å². The van der Waals surface area contributed by atoms with E-state index in [2.05, 4.69) is 15.4 Å². The molecule has 8 heteroatoms. The van der Waals surface area contributed by atoms with Crippen LogP contribution in [0.15, 0.2) is 71.7 Å². The van der Waals surface area contributed by atoms with E-state index in [0.29, 0.717) is 23.0 Å². The average Bonchev–Trinajstić information content (AvgIpc) is 3.48. The lowest BCUT2D eigenvalue weighted by Gasteiger charge is -2.21. The molecule has 0 aliphatic rings. The van der Waals surface area contributed by atoms with Crippen LogP contribution in [0.2, 0.25) is 0 Å². The van der Waals surface area contributed by atoms with Crippen molar-refractivity contribution in [3.05, 3.63) is 90.0 Å². The lowest BCUT2D eigenvalue weighted by molar-refractivity contribution is 0.568. The van der Waals surface area contributed by atoms with Crippen LogP contribution in [0.4, 0.5) is 15.9 Å². The molecule has 0 aliphatic heterocycles. The molecule has 3 N–H and O–H groups in total. The Morgan fingerprint density at radius 3 is 2.82 bits per heavy atom. The Hall–Kier alpha value is -4.20. The maximum absolute atomic E-state index is 15.1. The first-order valence-corrected chi connectivity index (χ1v) is 10.7. The summed E-state index contributed by atoms with van der Waals surface area (Å²) in [6.07, 6.45) is 5.62. The molecule has 0 bridgehead atoms. The van der Waals surface area contributed by atoms with E-state index in [-0.39, 0.29) is 5.82 Å². The molecule has 1 unspecified atom stereocenters. The Balaban J connectivity index is 1.62. The van der Waals surface area contributed by atoms with Gasteiger partial charge in [0.25, 0.3) is 0 Å². The molecule has 0 radical (unpaired) electrons. The van der Waals surface area contributed by atoms with Crippen LogP contribution >= 0.6 is 0 Å². The van der Waals surface area contributed by atoms with Crippen molar-refractivity contribution < 1.29 is 8.81 Å². The van der Waals surface area contributed by atoms with Crippen molar-refractivity contribution in [3.8, 4) is 11.4 Å². The first kappa shape index (κ1) is 20.7. The van der Waals surface area contributed by atoms with Gasteiger partial charge in [-0.3, -0.25) is 4.68 Å². The molecule has 0 spiro atoms. The Labute approximate surface area is 190 Å². The summed E-state index contributed by atoms with van der Waals surface area (Å²) in [4.78, 5) is 8.87. The number of fused-ring (bicyclic) bond motifs is 1. The van der Waals surface area contributed by atoms with Crippen LogP contribution in [-0.4, -0.2) is 19.7 Å². The Morgan fingerprint density at radius 1 is 1.15 bits per heavy atom. The summed E-state index contributed by atoms with van der Waals surface area (Å²) in [7, 11) is 1.80. The number of halogens is 1. The van der Waals surface area contributed by atoms with Crippen LogP contribution in [-0.2, 0) is 13.5 Å². The first-order valence-electron chi connectivity index (χ1n) is 10.7.